The Morgan fingerprint density at radius 2 is 2.04 bits per heavy atom. The van der Waals surface area contributed by atoms with E-state index in [9.17, 15) is 9.59 Å². The predicted octanol–water partition coefficient (Wildman–Crippen LogP) is 2.14. The number of ether oxygens (including phenoxy) is 1. The van der Waals surface area contributed by atoms with E-state index in [1.54, 1.807) is 11.1 Å². The van der Waals surface area contributed by atoms with Crippen molar-refractivity contribution in [1.82, 2.24) is 4.90 Å². The summed E-state index contributed by atoms with van der Waals surface area (Å²) in [6, 6.07) is 13.2. The number of nitrogens with two attached hydrogens (primary N) is 1. The van der Waals surface area contributed by atoms with Gasteiger partial charge in [0.15, 0.2) is 5.70 Å². The lowest BCUT2D eigenvalue weighted by atomic mass is 10.0. The molecule has 0 bridgehead atoms. The number of hydrogen-bond acceptors (Lipinski definition) is 5. The maximum atomic E-state index is 12.3. The SMILES string of the molecule is NC(=O)C1C[CH]CCN1C=C1N=C(c2cccc3ccccc23)OC1=O. The van der Waals surface area contributed by atoms with Crippen molar-refractivity contribution in [1.29, 1.82) is 0 Å². The summed E-state index contributed by atoms with van der Waals surface area (Å²) in [5, 5.41) is 2.01. The van der Waals surface area contributed by atoms with Crippen molar-refractivity contribution in [3.8, 4) is 0 Å². The van der Waals surface area contributed by atoms with Crippen molar-refractivity contribution in [3.05, 3.63) is 66.3 Å². The molecule has 6 heteroatoms. The molecule has 2 N–H and O–H groups in total. The number of fused-ring (bicyclic) bond motifs is 1. The average molecular weight is 348 g/mol. The largest absolute Gasteiger partial charge is 0.402 e. The Hall–Kier alpha value is -3.15. The molecule has 26 heavy (non-hydrogen) atoms. The Balaban J connectivity index is 1.70. The summed E-state index contributed by atoms with van der Waals surface area (Å²) in [5.74, 6) is -0.662. The summed E-state index contributed by atoms with van der Waals surface area (Å²) in [6.07, 6.45) is 5.00. The molecule has 0 aromatic heterocycles. The topological polar surface area (TPSA) is 85.0 Å². The highest BCUT2D eigenvalue weighted by Crippen LogP contribution is 2.25. The number of benzene rings is 2. The van der Waals surface area contributed by atoms with Crippen molar-refractivity contribution in [2.75, 3.05) is 6.54 Å². The van der Waals surface area contributed by atoms with E-state index < -0.39 is 17.9 Å². The minimum absolute atomic E-state index is 0.182. The summed E-state index contributed by atoms with van der Waals surface area (Å²) < 4.78 is 5.40. The van der Waals surface area contributed by atoms with Crippen LogP contribution in [0.25, 0.3) is 10.8 Å². The molecule has 131 valence electrons. The van der Waals surface area contributed by atoms with Crippen LogP contribution in [0.1, 0.15) is 18.4 Å². The second kappa shape index (κ2) is 6.63. The van der Waals surface area contributed by atoms with E-state index in [-0.39, 0.29) is 11.6 Å². The molecule has 0 aliphatic carbocycles. The smallest absolute Gasteiger partial charge is 0.365 e. The fourth-order valence-electron chi connectivity index (χ4n) is 3.33. The van der Waals surface area contributed by atoms with Crippen LogP contribution in [-0.2, 0) is 14.3 Å². The molecule has 0 saturated carbocycles. The number of amides is 1. The van der Waals surface area contributed by atoms with E-state index in [4.69, 9.17) is 10.5 Å². The van der Waals surface area contributed by atoms with Crippen LogP contribution in [0.2, 0.25) is 0 Å². The van der Waals surface area contributed by atoms with Crippen LogP contribution in [0.15, 0.2) is 59.4 Å². The Morgan fingerprint density at radius 1 is 1.23 bits per heavy atom. The van der Waals surface area contributed by atoms with E-state index in [1.165, 1.54) is 0 Å². The van der Waals surface area contributed by atoms with Gasteiger partial charge in [-0.3, -0.25) is 4.79 Å². The molecule has 2 aliphatic rings. The third-order valence-corrected chi connectivity index (χ3v) is 4.64. The molecule has 1 saturated heterocycles. The second-order valence-electron chi connectivity index (χ2n) is 6.32. The van der Waals surface area contributed by atoms with Crippen molar-refractivity contribution >= 4 is 28.5 Å². The molecule has 2 aromatic carbocycles. The first-order valence-corrected chi connectivity index (χ1v) is 8.51. The number of piperidine rings is 1. The first-order chi connectivity index (χ1) is 12.6. The number of hydrogen-bond donors (Lipinski definition) is 1. The number of likely N-dealkylation sites (tertiary alicyclic amines) is 1. The summed E-state index contributed by atoms with van der Waals surface area (Å²) in [5.41, 5.74) is 6.41. The number of carbonyl (C=O) groups excluding carboxylic acids is 2. The van der Waals surface area contributed by atoms with Gasteiger partial charge in [-0.2, -0.15) is 0 Å². The van der Waals surface area contributed by atoms with Gasteiger partial charge >= 0.3 is 5.97 Å². The summed E-state index contributed by atoms with van der Waals surface area (Å²) >= 11 is 0. The molecule has 1 fully saturated rings. The fourth-order valence-corrected chi connectivity index (χ4v) is 3.33. The van der Waals surface area contributed by atoms with Crippen LogP contribution in [-0.4, -0.2) is 35.3 Å². The number of aliphatic imine (C=N–C) groups is 1. The fraction of sp³-hybridized carbons (Fsp3) is 0.200. The Bertz CT molecular complexity index is 943. The molecule has 1 amide bonds. The van der Waals surface area contributed by atoms with Crippen LogP contribution in [0, 0.1) is 6.42 Å². The number of cyclic esters (lactones) is 1. The molecular formula is C20H18N3O3. The number of esters is 1. The summed E-state index contributed by atoms with van der Waals surface area (Å²) in [4.78, 5) is 30.1. The lowest BCUT2D eigenvalue weighted by Gasteiger charge is -2.32. The van der Waals surface area contributed by atoms with Gasteiger partial charge in [0, 0.05) is 18.3 Å². The Kier molecular flexibility index (Phi) is 4.16. The number of rotatable bonds is 3. The van der Waals surface area contributed by atoms with Gasteiger partial charge in [0.1, 0.15) is 6.04 Å². The van der Waals surface area contributed by atoms with E-state index in [1.807, 2.05) is 48.9 Å². The predicted molar refractivity (Wildman–Crippen MR) is 97.9 cm³/mol. The van der Waals surface area contributed by atoms with Crippen molar-refractivity contribution in [2.45, 2.75) is 18.9 Å². The zero-order valence-corrected chi connectivity index (χ0v) is 14.1. The van der Waals surface area contributed by atoms with Crippen LogP contribution < -0.4 is 5.73 Å². The standard InChI is InChI=1S/C20H18N3O3/c21-18(24)17-10-3-4-11-23(17)12-16-20(25)26-19(22-16)15-9-5-7-13-6-1-2-8-14(13)15/h1-3,5-9,12,17H,4,10-11H2,(H2,21,24). The minimum atomic E-state index is -0.522. The maximum Gasteiger partial charge on any atom is 0.365 e. The van der Waals surface area contributed by atoms with Gasteiger partial charge in [-0.05, 0) is 36.1 Å². The lowest BCUT2D eigenvalue weighted by molar-refractivity contribution is -0.130. The number of nitrogens with zero attached hydrogens (tertiary/aromatic N) is 2. The van der Waals surface area contributed by atoms with E-state index in [0.29, 0.717) is 13.0 Å². The molecule has 1 unspecified atom stereocenters. The molecule has 1 radical (unpaired) electrons. The third kappa shape index (κ3) is 2.94. The van der Waals surface area contributed by atoms with E-state index in [2.05, 4.69) is 4.99 Å². The van der Waals surface area contributed by atoms with Gasteiger partial charge in [0.25, 0.3) is 0 Å². The van der Waals surface area contributed by atoms with Crippen LogP contribution in [0.3, 0.4) is 0 Å². The molecule has 2 aromatic rings. The monoisotopic (exact) mass is 348 g/mol. The first kappa shape index (κ1) is 16.3. The van der Waals surface area contributed by atoms with Gasteiger partial charge in [0.2, 0.25) is 11.8 Å². The van der Waals surface area contributed by atoms with Gasteiger partial charge in [0.05, 0.1) is 0 Å². The van der Waals surface area contributed by atoms with Gasteiger partial charge in [-0.1, -0.05) is 36.4 Å². The molecule has 1 atom stereocenters. The van der Waals surface area contributed by atoms with Crippen molar-refractivity contribution in [2.24, 2.45) is 10.7 Å². The van der Waals surface area contributed by atoms with Gasteiger partial charge in [-0.25, -0.2) is 9.79 Å². The van der Waals surface area contributed by atoms with Crippen LogP contribution in [0.4, 0.5) is 0 Å². The minimum Gasteiger partial charge on any atom is -0.402 e. The molecule has 2 heterocycles. The van der Waals surface area contributed by atoms with E-state index in [0.717, 1.165) is 22.8 Å². The summed E-state index contributed by atoms with van der Waals surface area (Å²) in [6.45, 7) is 0.615. The molecule has 0 spiro atoms. The highest BCUT2D eigenvalue weighted by molar-refractivity contribution is 6.16. The third-order valence-electron chi connectivity index (χ3n) is 4.64. The first-order valence-electron chi connectivity index (χ1n) is 8.51. The lowest BCUT2D eigenvalue weighted by Crippen LogP contribution is -2.45. The maximum absolute atomic E-state index is 12.3. The number of carbonyl (C=O) groups is 2. The zero-order valence-electron chi connectivity index (χ0n) is 14.1. The zero-order chi connectivity index (χ0) is 18.1. The van der Waals surface area contributed by atoms with Crippen molar-refractivity contribution in [3.63, 3.8) is 0 Å². The van der Waals surface area contributed by atoms with Crippen LogP contribution in [0.5, 0.6) is 0 Å². The quantitative estimate of drug-likeness (QED) is 0.680. The van der Waals surface area contributed by atoms with Gasteiger partial charge in [-0.15, -0.1) is 0 Å². The Labute approximate surface area is 150 Å². The molecule has 6 nitrogen and oxygen atoms in total. The molecule has 4 rings (SSSR count). The van der Waals surface area contributed by atoms with Crippen LogP contribution >= 0.6 is 0 Å². The average Bonchev–Trinajstić information content (AvgIpc) is 3.02. The highest BCUT2D eigenvalue weighted by Gasteiger charge is 2.30. The van der Waals surface area contributed by atoms with Gasteiger partial charge < -0.3 is 15.4 Å². The Morgan fingerprint density at radius 3 is 2.88 bits per heavy atom. The highest BCUT2D eigenvalue weighted by atomic mass is 16.6. The number of primary amides is 1. The second-order valence-corrected chi connectivity index (χ2v) is 6.32. The molecule has 2 aliphatic heterocycles. The normalized spacial score (nSPS) is 21.8. The molecular weight excluding hydrogens is 330 g/mol. The van der Waals surface area contributed by atoms with Crippen molar-refractivity contribution < 1.29 is 14.3 Å². The van der Waals surface area contributed by atoms with E-state index >= 15 is 0 Å². The summed E-state index contributed by atoms with van der Waals surface area (Å²) in [7, 11) is 0.